The molecule has 0 atom stereocenters. The van der Waals surface area contributed by atoms with Gasteiger partial charge in [-0.15, -0.1) is 0 Å². The highest BCUT2D eigenvalue weighted by Crippen LogP contribution is 2.23. The number of carboxylic acid groups (broad SMARTS) is 1. The van der Waals surface area contributed by atoms with Crippen molar-refractivity contribution in [2.45, 2.75) is 44.6 Å². The Hall–Kier alpha value is -0.610. The van der Waals surface area contributed by atoms with Gasteiger partial charge in [-0.1, -0.05) is 12.8 Å². The predicted molar refractivity (Wildman–Crippen MR) is 67.1 cm³/mol. The lowest BCUT2D eigenvalue weighted by atomic mass is 10.2. The molecule has 1 aliphatic heterocycles. The van der Waals surface area contributed by atoms with Gasteiger partial charge in [0.15, 0.2) is 0 Å². The normalized spacial score (nSPS) is 22.6. The molecule has 4 nitrogen and oxygen atoms in total. The van der Waals surface area contributed by atoms with Gasteiger partial charge in [-0.2, -0.15) is 0 Å². The summed E-state index contributed by atoms with van der Waals surface area (Å²) in [5, 5.41) is 8.98. The molecule has 2 rings (SSSR count). The Labute approximate surface area is 104 Å². The van der Waals surface area contributed by atoms with Crippen molar-refractivity contribution in [3.8, 4) is 0 Å². The maximum absolute atomic E-state index is 10.9. The van der Waals surface area contributed by atoms with E-state index in [-0.39, 0.29) is 6.54 Å². The second kappa shape index (κ2) is 6.36. The molecule has 0 spiro atoms. The van der Waals surface area contributed by atoms with Crippen LogP contribution in [0, 0.1) is 0 Å². The lowest BCUT2D eigenvalue weighted by molar-refractivity contribution is -0.139. The van der Waals surface area contributed by atoms with E-state index < -0.39 is 5.97 Å². The highest BCUT2D eigenvalue weighted by Gasteiger charge is 2.24. The minimum absolute atomic E-state index is 0.221. The first-order chi connectivity index (χ1) is 8.25. The zero-order valence-corrected chi connectivity index (χ0v) is 10.6. The molecule has 2 aliphatic rings. The molecule has 2 fully saturated rings. The van der Waals surface area contributed by atoms with E-state index in [0.29, 0.717) is 6.04 Å². The lowest BCUT2D eigenvalue weighted by Gasteiger charge is -2.29. The first-order valence-electron chi connectivity index (χ1n) is 6.94. The van der Waals surface area contributed by atoms with Crippen molar-refractivity contribution in [1.29, 1.82) is 0 Å². The summed E-state index contributed by atoms with van der Waals surface area (Å²) in [6.07, 6.45) is 7.53. The molecule has 17 heavy (non-hydrogen) atoms. The third kappa shape index (κ3) is 3.96. The average Bonchev–Trinajstić information content (AvgIpc) is 2.96. The van der Waals surface area contributed by atoms with E-state index in [0.717, 1.165) is 13.1 Å². The molecule has 0 radical (unpaired) electrons. The summed E-state index contributed by atoms with van der Waals surface area (Å²) in [7, 11) is 0. The van der Waals surface area contributed by atoms with Gasteiger partial charge >= 0.3 is 5.97 Å². The first kappa shape index (κ1) is 12.8. The van der Waals surface area contributed by atoms with Gasteiger partial charge in [0.25, 0.3) is 0 Å². The lowest BCUT2D eigenvalue weighted by Crippen LogP contribution is -2.42. The molecular weight excluding hydrogens is 216 g/mol. The zero-order valence-electron chi connectivity index (χ0n) is 10.6. The first-order valence-corrected chi connectivity index (χ1v) is 6.94. The Morgan fingerprint density at radius 1 is 1.18 bits per heavy atom. The third-order valence-corrected chi connectivity index (χ3v) is 4.08. The number of hydrogen-bond donors (Lipinski definition) is 1. The highest BCUT2D eigenvalue weighted by molar-refractivity contribution is 5.69. The predicted octanol–water partition coefficient (Wildman–Crippen LogP) is 1.41. The second-order valence-corrected chi connectivity index (χ2v) is 5.35. The van der Waals surface area contributed by atoms with Gasteiger partial charge in [0.1, 0.15) is 0 Å². The summed E-state index contributed by atoms with van der Waals surface area (Å²) < 4.78 is 0. The van der Waals surface area contributed by atoms with Gasteiger partial charge in [0.2, 0.25) is 0 Å². The van der Waals surface area contributed by atoms with E-state index in [9.17, 15) is 4.79 Å². The monoisotopic (exact) mass is 240 g/mol. The molecular formula is C13H24N2O2. The van der Waals surface area contributed by atoms with Crippen LogP contribution >= 0.6 is 0 Å². The van der Waals surface area contributed by atoms with Gasteiger partial charge in [0.05, 0.1) is 6.54 Å². The van der Waals surface area contributed by atoms with E-state index in [1.165, 1.54) is 51.6 Å². The zero-order chi connectivity index (χ0) is 12.1. The fraction of sp³-hybridized carbons (Fsp3) is 0.923. The molecule has 1 aliphatic carbocycles. The summed E-state index contributed by atoms with van der Waals surface area (Å²) in [6, 6.07) is 0.522. The summed E-state index contributed by atoms with van der Waals surface area (Å²) in [6.45, 7) is 4.59. The minimum Gasteiger partial charge on any atom is -0.480 e. The molecule has 0 unspecified atom stereocenters. The number of carbonyl (C=O) groups is 1. The Balaban J connectivity index is 1.78. The summed E-state index contributed by atoms with van der Waals surface area (Å²) >= 11 is 0. The van der Waals surface area contributed by atoms with E-state index in [4.69, 9.17) is 5.11 Å². The summed E-state index contributed by atoms with van der Waals surface area (Å²) in [4.78, 5) is 15.6. The average molecular weight is 240 g/mol. The van der Waals surface area contributed by atoms with Crippen LogP contribution in [-0.4, -0.2) is 59.6 Å². The van der Waals surface area contributed by atoms with Crippen molar-refractivity contribution in [2.75, 3.05) is 32.7 Å². The number of aliphatic carboxylic acids is 1. The SMILES string of the molecule is O=C(O)CN(CCN1CCCC1)C1CCCC1. The second-order valence-electron chi connectivity index (χ2n) is 5.35. The molecule has 1 N–H and O–H groups in total. The topological polar surface area (TPSA) is 43.8 Å². The molecule has 1 heterocycles. The molecule has 4 heteroatoms. The van der Waals surface area contributed by atoms with Gasteiger partial charge in [-0.3, -0.25) is 9.69 Å². The maximum Gasteiger partial charge on any atom is 0.317 e. The van der Waals surface area contributed by atoms with Crippen molar-refractivity contribution in [3.63, 3.8) is 0 Å². The van der Waals surface area contributed by atoms with Crippen LogP contribution in [0.25, 0.3) is 0 Å². The Kier molecular flexibility index (Phi) is 4.80. The van der Waals surface area contributed by atoms with Gasteiger partial charge < -0.3 is 10.0 Å². The molecule has 98 valence electrons. The Morgan fingerprint density at radius 3 is 2.41 bits per heavy atom. The van der Waals surface area contributed by atoms with Crippen molar-refractivity contribution in [1.82, 2.24) is 9.80 Å². The van der Waals surface area contributed by atoms with Crippen molar-refractivity contribution < 1.29 is 9.90 Å². The van der Waals surface area contributed by atoms with Crippen LogP contribution in [0.15, 0.2) is 0 Å². The number of hydrogen-bond acceptors (Lipinski definition) is 3. The highest BCUT2D eigenvalue weighted by atomic mass is 16.4. The molecule has 0 aromatic heterocycles. The number of nitrogens with zero attached hydrogens (tertiary/aromatic N) is 2. The molecule has 0 aromatic carbocycles. The van der Waals surface area contributed by atoms with Crippen LogP contribution in [0.2, 0.25) is 0 Å². The van der Waals surface area contributed by atoms with Gasteiger partial charge in [-0.25, -0.2) is 0 Å². The fourth-order valence-corrected chi connectivity index (χ4v) is 3.11. The minimum atomic E-state index is -0.682. The van der Waals surface area contributed by atoms with Crippen LogP contribution in [0.5, 0.6) is 0 Å². The Morgan fingerprint density at radius 2 is 1.82 bits per heavy atom. The quantitative estimate of drug-likeness (QED) is 0.762. The van der Waals surface area contributed by atoms with Gasteiger partial charge in [0, 0.05) is 19.1 Å². The summed E-state index contributed by atoms with van der Waals surface area (Å²) in [5.41, 5.74) is 0. The number of carboxylic acids is 1. The van der Waals surface area contributed by atoms with E-state index in [1.807, 2.05) is 0 Å². The number of likely N-dealkylation sites (tertiary alicyclic amines) is 1. The van der Waals surface area contributed by atoms with Crippen LogP contribution < -0.4 is 0 Å². The molecule has 1 saturated carbocycles. The van der Waals surface area contributed by atoms with E-state index in [1.54, 1.807) is 0 Å². The summed E-state index contributed by atoms with van der Waals surface area (Å²) in [5.74, 6) is -0.682. The van der Waals surface area contributed by atoms with Crippen LogP contribution in [0.3, 0.4) is 0 Å². The van der Waals surface area contributed by atoms with Crippen LogP contribution in [0.1, 0.15) is 38.5 Å². The molecule has 1 saturated heterocycles. The van der Waals surface area contributed by atoms with Crippen molar-refractivity contribution in [2.24, 2.45) is 0 Å². The van der Waals surface area contributed by atoms with Crippen LogP contribution in [0.4, 0.5) is 0 Å². The smallest absolute Gasteiger partial charge is 0.317 e. The standard InChI is InChI=1S/C13H24N2O2/c16-13(17)11-15(12-5-1-2-6-12)10-9-14-7-3-4-8-14/h12H,1-11H2,(H,16,17). The largest absolute Gasteiger partial charge is 0.480 e. The fourth-order valence-electron chi connectivity index (χ4n) is 3.11. The number of rotatable bonds is 6. The van der Waals surface area contributed by atoms with Crippen molar-refractivity contribution >= 4 is 5.97 Å². The van der Waals surface area contributed by atoms with Gasteiger partial charge in [-0.05, 0) is 38.8 Å². The molecule has 0 aromatic rings. The maximum atomic E-state index is 10.9. The van der Waals surface area contributed by atoms with Crippen LogP contribution in [-0.2, 0) is 4.79 Å². The molecule has 0 bridgehead atoms. The van der Waals surface area contributed by atoms with E-state index in [2.05, 4.69) is 9.80 Å². The Bertz CT molecular complexity index is 246. The van der Waals surface area contributed by atoms with Crippen molar-refractivity contribution in [3.05, 3.63) is 0 Å². The third-order valence-electron chi connectivity index (χ3n) is 4.08. The van der Waals surface area contributed by atoms with E-state index >= 15 is 0 Å². The molecule has 0 amide bonds.